The van der Waals surface area contributed by atoms with Gasteiger partial charge in [0.25, 0.3) is 5.22 Å². The van der Waals surface area contributed by atoms with Gasteiger partial charge in [0, 0.05) is 5.75 Å². The molecule has 2 atom stereocenters. The van der Waals surface area contributed by atoms with Crippen molar-refractivity contribution in [3.05, 3.63) is 41.3 Å². The fourth-order valence-electron chi connectivity index (χ4n) is 1.82. The highest BCUT2D eigenvalue weighted by Gasteiger charge is 2.19. The SMILES string of the molecule is CC[C@H](C)[C@H](N)c1nnc(SCc2ccccc2C)o1. The molecule has 2 N–H and O–H groups in total. The number of aryl methyl sites for hydroxylation is 1. The highest BCUT2D eigenvalue weighted by Crippen LogP contribution is 2.26. The van der Waals surface area contributed by atoms with Gasteiger partial charge in [-0.1, -0.05) is 56.3 Å². The predicted molar refractivity (Wildman–Crippen MR) is 81.4 cm³/mol. The first-order chi connectivity index (χ1) is 9.61. The quantitative estimate of drug-likeness (QED) is 0.822. The molecular weight excluding hydrogens is 270 g/mol. The van der Waals surface area contributed by atoms with Gasteiger partial charge in [-0.25, -0.2) is 0 Å². The second-order valence-corrected chi connectivity index (χ2v) is 5.96. The van der Waals surface area contributed by atoms with Crippen molar-refractivity contribution < 1.29 is 4.42 Å². The first kappa shape index (κ1) is 15.1. The summed E-state index contributed by atoms with van der Waals surface area (Å²) in [4.78, 5) is 0. The summed E-state index contributed by atoms with van der Waals surface area (Å²) in [6, 6.07) is 8.12. The van der Waals surface area contributed by atoms with Gasteiger partial charge in [-0.05, 0) is 24.0 Å². The molecule has 0 saturated heterocycles. The zero-order valence-electron chi connectivity index (χ0n) is 12.2. The van der Waals surface area contributed by atoms with Crippen LogP contribution in [-0.2, 0) is 5.75 Å². The summed E-state index contributed by atoms with van der Waals surface area (Å²) < 4.78 is 5.65. The molecule has 0 aliphatic carbocycles. The lowest BCUT2D eigenvalue weighted by Gasteiger charge is -2.13. The van der Waals surface area contributed by atoms with Crippen LogP contribution in [0.4, 0.5) is 0 Å². The molecule has 1 heterocycles. The van der Waals surface area contributed by atoms with Crippen molar-refractivity contribution in [2.75, 3.05) is 0 Å². The summed E-state index contributed by atoms with van der Waals surface area (Å²) in [6.45, 7) is 6.30. The van der Waals surface area contributed by atoms with Crippen LogP contribution in [0.1, 0.15) is 43.3 Å². The van der Waals surface area contributed by atoms with Crippen LogP contribution in [0.2, 0.25) is 0 Å². The number of nitrogens with two attached hydrogens (primary N) is 1. The minimum absolute atomic E-state index is 0.180. The van der Waals surface area contributed by atoms with E-state index in [0.717, 1.165) is 12.2 Å². The van der Waals surface area contributed by atoms with Gasteiger partial charge in [-0.15, -0.1) is 10.2 Å². The first-order valence-electron chi connectivity index (χ1n) is 6.88. The van der Waals surface area contributed by atoms with Crippen LogP contribution in [0.15, 0.2) is 33.9 Å². The van der Waals surface area contributed by atoms with E-state index in [1.165, 1.54) is 11.1 Å². The van der Waals surface area contributed by atoms with E-state index in [2.05, 4.69) is 43.1 Å². The Bertz CT molecular complexity index is 556. The Morgan fingerprint density at radius 1 is 1.30 bits per heavy atom. The topological polar surface area (TPSA) is 64.9 Å². The van der Waals surface area contributed by atoms with Crippen molar-refractivity contribution in [2.24, 2.45) is 11.7 Å². The number of nitrogens with zero attached hydrogens (tertiary/aromatic N) is 2. The molecule has 0 saturated carbocycles. The molecular formula is C15H21N3OS. The Hall–Kier alpha value is -1.33. The van der Waals surface area contributed by atoms with Crippen molar-refractivity contribution in [1.29, 1.82) is 0 Å². The van der Waals surface area contributed by atoms with Gasteiger partial charge in [0.2, 0.25) is 5.89 Å². The molecule has 108 valence electrons. The summed E-state index contributed by atoms with van der Waals surface area (Å²) in [6.07, 6.45) is 0.995. The maximum atomic E-state index is 6.09. The third-order valence-corrected chi connectivity index (χ3v) is 4.44. The first-order valence-corrected chi connectivity index (χ1v) is 7.86. The van der Waals surface area contributed by atoms with Gasteiger partial charge in [0.05, 0.1) is 6.04 Å². The molecule has 20 heavy (non-hydrogen) atoms. The molecule has 4 nitrogen and oxygen atoms in total. The summed E-state index contributed by atoms with van der Waals surface area (Å²) in [5.41, 5.74) is 8.64. The molecule has 2 aromatic rings. The number of rotatable bonds is 6. The average Bonchev–Trinajstić information content (AvgIpc) is 2.93. The average molecular weight is 291 g/mol. The molecule has 0 spiro atoms. The Labute approximate surface area is 124 Å². The van der Waals surface area contributed by atoms with Gasteiger partial charge >= 0.3 is 0 Å². The summed E-state index contributed by atoms with van der Waals surface area (Å²) in [7, 11) is 0. The maximum Gasteiger partial charge on any atom is 0.276 e. The lowest BCUT2D eigenvalue weighted by Crippen LogP contribution is -2.18. The van der Waals surface area contributed by atoms with Crippen molar-refractivity contribution in [3.8, 4) is 0 Å². The third-order valence-electron chi connectivity index (χ3n) is 3.58. The van der Waals surface area contributed by atoms with E-state index < -0.39 is 0 Å². The lowest BCUT2D eigenvalue weighted by molar-refractivity contribution is 0.333. The van der Waals surface area contributed by atoms with Crippen LogP contribution >= 0.6 is 11.8 Å². The zero-order valence-corrected chi connectivity index (χ0v) is 13.0. The molecule has 1 aromatic heterocycles. The molecule has 5 heteroatoms. The van der Waals surface area contributed by atoms with Gasteiger partial charge in [-0.3, -0.25) is 0 Å². The van der Waals surface area contributed by atoms with Gasteiger partial charge in [0.1, 0.15) is 0 Å². The van der Waals surface area contributed by atoms with Crippen molar-refractivity contribution in [3.63, 3.8) is 0 Å². The minimum atomic E-state index is -0.180. The van der Waals surface area contributed by atoms with Crippen LogP contribution in [0.5, 0.6) is 0 Å². The Morgan fingerprint density at radius 3 is 2.75 bits per heavy atom. The van der Waals surface area contributed by atoms with Crippen LogP contribution < -0.4 is 5.73 Å². The smallest absolute Gasteiger partial charge is 0.276 e. The number of hydrogen-bond acceptors (Lipinski definition) is 5. The molecule has 0 aliphatic heterocycles. The summed E-state index contributed by atoms with van der Waals surface area (Å²) in [5, 5.41) is 8.71. The monoisotopic (exact) mass is 291 g/mol. The molecule has 0 unspecified atom stereocenters. The maximum absolute atomic E-state index is 6.09. The number of hydrogen-bond donors (Lipinski definition) is 1. The van der Waals surface area contributed by atoms with Crippen LogP contribution in [0.3, 0.4) is 0 Å². The molecule has 2 rings (SSSR count). The van der Waals surface area contributed by atoms with E-state index in [9.17, 15) is 0 Å². The Kier molecular flexibility index (Phi) is 5.20. The van der Waals surface area contributed by atoms with Crippen LogP contribution in [0, 0.1) is 12.8 Å². The Balaban J connectivity index is 1.98. The zero-order chi connectivity index (χ0) is 14.5. The molecule has 1 aromatic carbocycles. The van der Waals surface area contributed by atoms with Crippen molar-refractivity contribution >= 4 is 11.8 Å². The molecule has 0 bridgehead atoms. The largest absolute Gasteiger partial charge is 0.414 e. The van der Waals surface area contributed by atoms with E-state index in [1.807, 2.05) is 12.1 Å². The Morgan fingerprint density at radius 2 is 2.05 bits per heavy atom. The summed E-state index contributed by atoms with van der Waals surface area (Å²) in [5.74, 6) is 1.70. The fourth-order valence-corrected chi connectivity index (χ4v) is 2.67. The highest BCUT2D eigenvalue weighted by molar-refractivity contribution is 7.98. The van der Waals surface area contributed by atoms with E-state index >= 15 is 0 Å². The van der Waals surface area contributed by atoms with Gasteiger partial charge in [-0.2, -0.15) is 0 Å². The van der Waals surface area contributed by atoms with Gasteiger partial charge in [0.15, 0.2) is 0 Å². The lowest BCUT2D eigenvalue weighted by atomic mass is 10.0. The van der Waals surface area contributed by atoms with Crippen molar-refractivity contribution in [2.45, 2.75) is 44.2 Å². The number of thioether (sulfide) groups is 1. The minimum Gasteiger partial charge on any atom is -0.414 e. The van der Waals surface area contributed by atoms with E-state index in [4.69, 9.17) is 10.2 Å². The van der Waals surface area contributed by atoms with Gasteiger partial charge < -0.3 is 10.2 Å². The standard InChI is InChI=1S/C15H21N3OS/c1-4-10(2)13(16)14-17-18-15(19-14)20-9-12-8-6-5-7-11(12)3/h5-8,10,13H,4,9,16H2,1-3H3/t10-,13-/m0/s1. The highest BCUT2D eigenvalue weighted by atomic mass is 32.2. The second-order valence-electron chi connectivity index (χ2n) is 5.03. The van der Waals surface area contributed by atoms with Crippen molar-refractivity contribution in [1.82, 2.24) is 10.2 Å². The van der Waals surface area contributed by atoms with E-state index in [0.29, 0.717) is 17.0 Å². The van der Waals surface area contributed by atoms with Crippen LogP contribution in [-0.4, -0.2) is 10.2 Å². The predicted octanol–water partition coefficient (Wildman–Crippen LogP) is 3.72. The normalized spacial score (nSPS) is 14.2. The third kappa shape index (κ3) is 3.61. The molecule has 0 aliphatic rings. The number of benzene rings is 1. The fraction of sp³-hybridized carbons (Fsp3) is 0.467. The molecule has 0 amide bonds. The van der Waals surface area contributed by atoms with E-state index in [1.54, 1.807) is 11.8 Å². The summed E-state index contributed by atoms with van der Waals surface area (Å²) >= 11 is 1.55. The molecule has 0 radical (unpaired) electrons. The molecule has 0 fully saturated rings. The number of aromatic nitrogens is 2. The van der Waals surface area contributed by atoms with E-state index in [-0.39, 0.29) is 6.04 Å². The second kappa shape index (κ2) is 6.90. The van der Waals surface area contributed by atoms with Crippen LogP contribution in [0.25, 0.3) is 0 Å².